The molecule has 3 aromatic carbocycles. The Morgan fingerprint density at radius 1 is 1.00 bits per heavy atom. The number of alkyl halides is 3. The first kappa shape index (κ1) is 20.4. The van der Waals surface area contributed by atoms with E-state index in [1.165, 1.54) is 12.1 Å². The van der Waals surface area contributed by atoms with Gasteiger partial charge < -0.3 is 16.2 Å². The van der Waals surface area contributed by atoms with Crippen LogP contribution in [0.2, 0.25) is 0 Å². The lowest BCUT2D eigenvalue weighted by Crippen LogP contribution is -2.24. The van der Waals surface area contributed by atoms with E-state index in [2.05, 4.69) is 0 Å². The van der Waals surface area contributed by atoms with Gasteiger partial charge in [-0.1, -0.05) is 36.4 Å². The second-order valence-electron chi connectivity index (χ2n) is 7.51. The maximum absolute atomic E-state index is 12.9. The molecule has 0 spiro atoms. The van der Waals surface area contributed by atoms with Gasteiger partial charge >= 0.3 is 6.18 Å². The molecule has 1 saturated heterocycles. The van der Waals surface area contributed by atoms with Crippen LogP contribution >= 0.6 is 0 Å². The van der Waals surface area contributed by atoms with E-state index in [1.54, 1.807) is 12.1 Å². The van der Waals surface area contributed by atoms with Gasteiger partial charge in [-0.2, -0.15) is 13.2 Å². The van der Waals surface area contributed by atoms with Gasteiger partial charge in [-0.15, -0.1) is 0 Å². The molecule has 1 fully saturated rings. The van der Waals surface area contributed by atoms with Gasteiger partial charge in [-0.25, -0.2) is 0 Å². The summed E-state index contributed by atoms with van der Waals surface area (Å²) < 4.78 is 44.4. The van der Waals surface area contributed by atoms with Crippen molar-refractivity contribution in [1.82, 2.24) is 0 Å². The number of halogens is 3. The molecule has 0 saturated carbocycles. The van der Waals surface area contributed by atoms with Crippen LogP contribution in [0.5, 0.6) is 0 Å². The Morgan fingerprint density at radius 3 is 2.37 bits per heavy atom. The number of hydrogen-bond acceptors (Lipinski definition) is 3. The molecule has 1 amide bonds. The number of carbonyl (C=O) groups excluding carboxylic acids is 1. The van der Waals surface area contributed by atoms with E-state index in [9.17, 15) is 18.0 Å². The lowest BCUT2D eigenvalue weighted by atomic mass is 9.81. The average Bonchev–Trinajstić information content (AvgIpc) is 3.20. The zero-order chi connectivity index (χ0) is 21.5. The predicted octanol–water partition coefficient (Wildman–Crippen LogP) is 4.31. The minimum Gasteiger partial charge on any atom is -0.380 e. The molecule has 0 aliphatic carbocycles. The Bertz CT molecular complexity index is 1090. The van der Waals surface area contributed by atoms with E-state index in [1.807, 2.05) is 18.2 Å². The molecule has 30 heavy (non-hydrogen) atoms. The maximum Gasteiger partial charge on any atom is 0.416 e. The molecule has 1 aliphatic rings. The van der Waals surface area contributed by atoms with Crippen molar-refractivity contribution in [2.45, 2.75) is 12.1 Å². The van der Waals surface area contributed by atoms with Crippen molar-refractivity contribution < 1.29 is 22.7 Å². The van der Waals surface area contributed by atoms with Gasteiger partial charge in [0, 0.05) is 17.4 Å². The van der Waals surface area contributed by atoms with Crippen molar-refractivity contribution in [3.8, 4) is 11.1 Å². The van der Waals surface area contributed by atoms with Crippen molar-refractivity contribution in [2.24, 2.45) is 17.4 Å². The summed E-state index contributed by atoms with van der Waals surface area (Å²) in [7, 11) is 0. The monoisotopic (exact) mass is 414 g/mol. The van der Waals surface area contributed by atoms with Crippen LogP contribution in [-0.4, -0.2) is 25.7 Å². The topological polar surface area (TPSA) is 78.3 Å². The van der Waals surface area contributed by atoms with E-state index in [-0.39, 0.29) is 11.8 Å². The Labute approximate surface area is 171 Å². The fourth-order valence-electron chi connectivity index (χ4n) is 4.24. The fraction of sp³-hybridized carbons (Fsp3) is 0.261. The minimum absolute atomic E-state index is 0.0587. The molecule has 156 valence electrons. The molecule has 0 aromatic heterocycles. The van der Waals surface area contributed by atoms with Crippen molar-refractivity contribution in [1.29, 1.82) is 0 Å². The summed E-state index contributed by atoms with van der Waals surface area (Å²) in [5, 5.41) is 1.66. The molecule has 7 heteroatoms. The number of amides is 1. The van der Waals surface area contributed by atoms with E-state index >= 15 is 0 Å². The quantitative estimate of drug-likeness (QED) is 0.668. The highest BCUT2D eigenvalue weighted by molar-refractivity contribution is 6.05. The second-order valence-corrected chi connectivity index (χ2v) is 7.51. The second kappa shape index (κ2) is 7.74. The fourth-order valence-corrected chi connectivity index (χ4v) is 4.24. The van der Waals surface area contributed by atoms with Crippen LogP contribution in [0.1, 0.15) is 27.4 Å². The first-order valence-electron chi connectivity index (χ1n) is 9.62. The minimum atomic E-state index is -4.39. The highest BCUT2D eigenvalue weighted by Gasteiger charge is 2.33. The standard InChI is InChI=1S/C23H21F3N2O2/c24-23(25,26)15-6-4-13(5-7-15)16-2-1-3-18-17(16)8-9-19(22(28)29)21(18)20-12-30-11-14(20)10-27/h1-9,14,20H,10-12,27H2,(H2,28,29)/t14-,20-/m1/s1. The average molecular weight is 414 g/mol. The SMILES string of the molecule is NC[C@@H]1COC[C@H]1c1c(C(N)=O)ccc2c(-c3ccc(C(F)(F)F)cc3)cccc12. The van der Waals surface area contributed by atoms with E-state index in [0.29, 0.717) is 30.9 Å². The van der Waals surface area contributed by atoms with Crippen molar-refractivity contribution >= 4 is 16.7 Å². The predicted molar refractivity (Wildman–Crippen MR) is 109 cm³/mol. The Kier molecular flexibility index (Phi) is 5.26. The van der Waals surface area contributed by atoms with Gasteiger partial charge in [-0.05, 0) is 52.2 Å². The van der Waals surface area contributed by atoms with Crippen molar-refractivity contribution in [2.75, 3.05) is 19.8 Å². The number of rotatable bonds is 4. The molecule has 2 atom stereocenters. The van der Waals surface area contributed by atoms with Crippen molar-refractivity contribution in [3.63, 3.8) is 0 Å². The summed E-state index contributed by atoms with van der Waals surface area (Å²) in [5.41, 5.74) is 13.5. The van der Waals surface area contributed by atoms with E-state index in [0.717, 1.165) is 34.0 Å². The molecule has 1 heterocycles. The molecule has 0 unspecified atom stereocenters. The number of ether oxygens (including phenoxy) is 1. The van der Waals surface area contributed by atoms with Crippen LogP contribution in [0, 0.1) is 5.92 Å². The van der Waals surface area contributed by atoms with Gasteiger partial charge in [-0.3, -0.25) is 4.79 Å². The lowest BCUT2D eigenvalue weighted by molar-refractivity contribution is -0.137. The van der Waals surface area contributed by atoms with Crippen LogP contribution in [0.15, 0.2) is 54.6 Å². The largest absolute Gasteiger partial charge is 0.416 e. The summed E-state index contributed by atoms with van der Waals surface area (Å²) in [6.45, 7) is 1.36. The first-order chi connectivity index (χ1) is 14.3. The smallest absolute Gasteiger partial charge is 0.380 e. The summed E-state index contributed by atoms with van der Waals surface area (Å²) >= 11 is 0. The Balaban J connectivity index is 1.90. The maximum atomic E-state index is 12.9. The van der Waals surface area contributed by atoms with Crippen LogP contribution in [-0.2, 0) is 10.9 Å². The molecule has 3 aromatic rings. The number of fused-ring (bicyclic) bond motifs is 1. The number of benzene rings is 3. The van der Waals surface area contributed by atoms with Crippen LogP contribution in [0.3, 0.4) is 0 Å². The number of hydrogen-bond donors (Lipinski definition) is 2. The molecular weight excluding hydrogens is 393 g/mol. The first-order valence-corrected chi connectivity index (χ1v) is 9.62. The van der Waals surface area contributed by atoms with Gasteiger partial charge in [0.25, 0.3) is 0 Å². The highest BCUT2D eigenvalue weighted by Crippen LogP contribution is 2.40. The molecule has 0 radical (unpaired) electrons. The third-order valence-corrected chi connectivity index (χ3v) is 5.76. The highest BCUT2D eigenvalue weighted by atomic mass is 19.4. The normalized spacial score (nSPS) is 19.3. The molecule has 4 N–H and O–H groups in total. The molecule has 4 nitrogen and oxygen atoms in total. The van der Waals surface area contributed by atoms with Gasteiger partial charge in [0.15, 0.2) is 0 Å². The Morgan fingerprint density at radius 2 is 1.73 bits per heavy atom. The zero-order valence-corrected chi connectivity index (χ0v) is 16.1. The molecular formula is C23H21F3N2O2. The number of primary amides is 1. The Hall–Kier alpha value is -2.90. The van der Waals surface area contributed by atoms with Crippen LogP contribution in [0.4, 0.5) is 13.2 Å². The van der Waals surface area contributed by atoms with Crippen molar-refractivity contribution in [3.05, 3.63) is 71.3 Å². The summed E-state index contributed by atoms with van der Waals surface area (Å²) in [6.07, 6.45) is -4.39. The van der Waals surface area contributed by atoms with E-state index in [4.69, 9.17) is 16.2 Å². The zero-order valence-electron chi connectivity index (χ0n) is 16.1. The van der Waals surface area contributed by atoms with Crippen LogP contribution in [0.25, 0.3) is 21.9 Å². The summed E-state index contributed by atoms with van der Waals surface area (Å²) in [4.78, 5) is 12.1. The molecule has 1 aliphatic heterocycles. The summed E-state index contributed by atoms with van der Waals surface area (Å²) in [6, 6.07) is 14.1. The lowest BCUT2D eigenvalue weighted by Gasteiger charge is -2.22. The summed E-state index contributed by atoms with van der Waals surface area (Å²) in [5.74, 6) is -0.554. The third kappa shape index (κ3) is 3.55. The van der Waals surface area contributed by atoms with Crippen LogP contribution < -0.4 is 11.5 Å². The third-order valence-electron chi connectivity index (χ3n) is 5.76. The number of nitrogens with two attached hydrogens (primary N) is 2. The number of carbonyl (C=O) groups is 1. The van der Waals surface area contributed by atoms with E-state index < -0.39 is 17.6 Å². The molecule has 0 bridgehead atoms. The molecule has 4 rings (SSSR count). The van der Waals surface area contributed by atoms with Gasteiger partial charge in [0.1, 0.15) is 0 Å². The van der Waals surface area contributed by atoms with Gasteiger partial charge in [0.2, 0.25) is 5.91 Å². The van der Waals surface area contributed by atoms with Gasteiger partial charge in [0.05, 0.1) is 18.8 Å².